The SMILES string of the molecule is Cn1cnc2ncn(Cc3nn([C@@H]4C[C@@H](F)[C@@H](c5ccc(Cl)cc5)C4)c(=O)o3)c(=O)c21. The lowest BCUT2D eigenvalue weighted by Gasteiger charge is -2.12. The molecule has 5 rings (SSSR count). The lowest BCUT2D eigenvalue weighted by atomic mass is 9.96. The minimum absolute atomic E-state index is 0.0563. The Morgan fingerprint density at radius 3 is 2.68 bits per heavy atom. The van der Waals surface area contributed by atoms with Crippen LogP contribution in [0.4, 0.5) is 4.39 Å². The van der Waals surface area contributed by atoms with Gasteiger partial charge in [-0.05, 0) is 24.1 Å². The van der Waals surface area contributed by atoms with E-state index in [1.54, 1.807) is 35.9 Å². The maximum atomic E-state index is 14.7. The first-order chi connectivity index (χ1) is 14.9. The molecule has 160 valence electrons. The fourth-order valence-electron chi connectivity index (χ4n) is 4.17. The van der Waals surface area contributed by atoms with Crippen molar-refractivity contribution in [2.75, 3.05) is 0 Å². The summed E-state index contributed by atoms with van der Waals surface area (Å²) in [4.78, 5) is 33.3. The summed E-state index contributed by atoms with van der Waals surface area (Å²) in [5.74, 6) is -0.972. The number of imidazole rings is 1. The third-order valence-electron chi connectivity index (χ3n) is 5.72. The van der Waals surface area contributed by atoms with Gasteiger partial charge in [0, 0.05) is 24.4 Å². The Kier molecular flexibility index (Phi) is 4.73. The predicted octanol–water partition coefficient (Wildman–Crippen LogP) is 2.44. The van der Waals surface area contributed by atoms with Gasteiger partial charge in [-0.3, -0.25) is 9.36 Å². The highest BCUT2D eigenvalue weighted by molar-refractivity contribution is 6.30. The maximum absolute atomic E-state index is 14.7. The Morgan fingerprint density at radius 2 is 1.90 bits per heavy atom. The van der Waals surface area contributed by atoms with Gasteiger partial charge in [-0.25, -0.2) is 19.2 Å². The summed E-state index contributed by atoms with van der Waals surface area (Å²) < 4.78 is 24.0. The molecule has 0 unspecified atom stereocenters. The van der Waals surface area contributed by atoms with Crippen LogP contribution < -0.4 is 11.3 Å². The topological polar surface area (TPSA) is 101 Å². The van der Waals surface area contributed by atoms with Crippen LogP contribution in [0.1, 0.15) is 36.3 Å². The lowest BCUT2D eigenvalue weighted by Crippen LogP contribution is -2.23. The van der Waals surface area contributed by atoms with Crippen LogP contribution in [0.15, 0.2) is 50.9 Å². The number of hydrogen-bond donors (Lipinski definition) is 0. The van der Waals surface area contributed by atoms with Gasteiger partial charge >= 0.3 is 5.76 Å². The molecule has 1 fully saturated rings. The average Bonchev–Trinajstić information content (AvgIpc) is 3.42. The summed E-state index contributed by atoms with van der Waals surface area (Å²) in [5, 5.41) is 4.82. The van der Waals surface area contributed by atoms with Crippen molar-refractivity contribution in [1.29, 1.82) is 0 Å². The number of alkyl halides is 1. The molecule has 0 aliphatic heterocycles. The Bertz CT molecular complexity index is 1370. The van der Waals surface area contributed by atoms with Crippen LogP contribution in [0.2, 0.25) is 5.02 Å². The van der Waals surface area contributed by atoms with Crippen molar-refractivity contribution in [2.24, 2.45) is 7.05 Å². The van der Waals surface area contributed by atoms with Gasteiger partial charge < -0.3 is 8.98 Å². The van der Waals surface area contributed by atoms with E-state index < -0.39 is 18.0 Å². The molecule has 0 amide bonds. The van der Waals surface area contributed by atoms with E-state index in [1.807, 2.05) is 0 Å². The van der Waals surface area contributed by atoms with E-state index in [2.05, 4.69) is 15.1 Å². The van der Waals surface area contributed by atoms with Gasteiger partial charge in [0.2, 0.25) is 5.89 Å². The van der Waals surface area contributed by atoms with Crippen LogP contribution >= 0.6 is 11.6 Å². The number of rotatable bonds is 4. The van der Waals surface area contributed by atoms with Crippen molar-refractivity contribution < 1.29 is 8.81 Å². The quantitative estimate of drug-likeness (QED) is 0.479. The number of aryl methyl sites for hydroxylation is 1. The van der Waals surface area contributed by atoms with Crippen molar-refractivity contribution in [3.05, 3.63) is 74.3 Å². The first-order valence-electron chi connectivity index (χ1n) is 9.75. The molecule has 0 bridgehead atoms. The summed E-state index contributed by atoms with van der Waals surface area (Å²) in [6.45, 7) is -0.0679. The highest BCUT2D eigenvalue weighted by Crippen LogP contribution is 2.42. The molecule has 11 heteroatoms. The highest BCUT2D eigenvalue weighted by Gasteiger charge is 2.38. The van der Waals surface area contributed by atoms with Crippen LogP contribution in [0.25, 0.3) is 11.2 Å². The molecule has 0 spiro atoms. The van der Waals surface area contributed by atoms with E-state index in [4.69, 9.17) is 16.0 Å². The second kappa shape index (κ2) is 7.45. The first-order valence-corrected chi connectivity index (χ1v) is 10.1. The molecule has 1 aliphatic rings. The molecule has 9 nitrogen and oxygen atoms in total. The fourth-order valence-corrected chi connectivity index (χ4v) is 4.30. The number of halogens is 2. The minimum atomic E-state index is -1.11. The van der Waals surface area contributed by atoms with E-state index in [-0.39, 0.29) is 30.3 Å². The van der Waals surface area contributed by atoms with Crippen LogP contribution in [0.3, 0.4) is 0 Å². The normalized spacial score (nSPS) is 21.2. The zero-order valence-electron chi connectivity index (χ0n) is 16.5. The van der Waals surface area contributed by atoms with Gasteiger partial charge in [-0.15, -0.1) is 5.10 Å². The standard InChI is InChI=1S/C20H18ClFN6O3/c1-26-9-23-18-17(26)19(29)27(10-24-18)8-16-25-28(20(30)31-16)13-6-14(15(22)7-13)11-2-4-12(21)5-3-11/h2-5,9-10,13-15H,6-8H2,1H3/t13-,14+,15+/m0/s1. The monoisotopic (exact) mass is 444 g/mol. The van der Waals surface area contributed by atoms with Gasteiger partial charge in [-0.1, -0.05) is 23.7 Å². The van der Waals surface area contributed by atoms with Gasteiger partial charge in [0.15, 0.2) is 11.2 Å². The maximum Gasteiger partial charge on any atom is 0.437 e. The van der Waals surface area contributed by atoms with Crippen LogP contribution in [0, 0.1) is 0 Å². The lowest BCUT2D eigenvalue weighted by molar-refractivity contribution is 0.302. The molecule has 3 atom stereocenters. The second-order valence-electron chi connectivity index (χ2n) is 7.71. The Balaban J connectivity index is 1.40. The van der Waals surface area contributed by atoms with Crippen molar-refractivity contribution in [3.8, 4) is 0 Å². The summed E-state index contributed by atoms with van der Waals surface area (Å²) in [7, 11) is 1.70. The van der Waals surface area contributed by atoms with E-state index >= 15 is 0 Å². The second-order valence-corrected chi connectivity index (χ2v) is 8.15. The number of nitrogens with zero attached hydrogens (tertiary/aromatic N) is 6. The molecule has 3 aromatic heterocycles. The van der Waals surface area contributed by atoms with Crippen molar-refractivity contribution >= 4 is 22.8 Å². The molecule has 3 heterocycles. The Hall–Kier alpha value is -3.27. The minimum Gasteiger partial charge on any atom is -0.390 e. The van der Waals surface area contributed by atoms with E-state index in [1.165, 1.54) is 21.9 Å². The summed E-state index contributed by atoms with van der Waals surface area (Å²) in [6.07, 6.45) is 2.29. The molecule has 1 aliphatic carbocycles. The van der Waals surface area contributed by atoms with Crippen LogP contribution in [-0.4, -0.2) is 35.1 Å². The molecular weight excluding hydrogens is 427 g/mol. The third kappa shape index (κ3) is 3.46. The summed E-state index contributed by atoms with van der Waals surface area (Å²) in [5.41, 5.74) is 1.18. The fraction of sp³-hybridized carbons (Fsp3) is 0.350. The average molecular weight is 445 g/mol. The zero-order valence-corrected chi connectivity index (χ0v) is 17.2. The van der Waals surface area contributed by atoms with Gasteiger partial charge in [0.1, 0.15) is 19.0 Å². The van der Waals surface area contributed by atoms with E-state index in [9.17, 15) is 14.0 Å². The Labute approximate surface area is 179 Å². The highest BCUT2D eigenvalue weighted by atomic mass is 35.5. The number of benzene rings is 1. The largest absolute Gasteiger partial charge is 0.437 e. The summed E-state index contributed by atoms with van der Waals surface area (Å²) in [6, 6.07) is 6.61. The van der Waals surface area contributed by atoms with Crippen molar-refractivity contribution in [2.45, 2.75) is 37.5 Å². The Morgan fingerprint density at radius 1 is 1.16 bits per heavy atom. The molecule has 0 N–H and O–H groups in total. The number of hydrogen-bond acceptors (Lipinski definition) is 6. The molecule has 0 saturated heterocycles. The van der Waals surface area contributed by atoms with Gasteiger partial charge in [0.25, 0.3) is 5.56 Å². The van der Waals surface area contributed by atoms with E-state index in [0.717, 1.165) is 5.56 Å². The van der Waals surface area contributed by atoms with Crippen LogP contribution in [-0.2, 0) is 13.6 Å². The van der Waals surface area contributed by atoms with E-state index in [0.29, 0.717) is 22.6 Å². The molecular formula is C20H18ClFN6O3. The molecule has 0 radical (unpaired) electrons. The van der Waals surface area contributed by atoms with Crippen LogP contribution in [0.5, 0.6) is 0 Å². The third-order valence-corrected chi connectivity index (χ3v) is 5.97. The summed E-state index contributed by atoms with van der Waals surface area (Å²) >= 11 is 5.92. The van der Waals surface area contributed by atoms with Crippen molar-refractivity contribution in [1.82, 2.24) is 28.9 Å². The van der Waals surface area contributed by atoms with Gasteiger partial charge in [0.05, 0.1) is 12.4 Å². The number of aromatic nitrogens is 6. The first kappa shape index (κ1) is 19.7. The smallest absolute Gasteiger partial charge is 0.390 e. The number of fused-ring (bicyclic) bond motifs is 1. The van der Waals surface area contributed by atoms with Crippen molar-refractivity contribution in [3.63, 3.8) is 0 Å². The molecule has 4 aromatic rings. The van der Waals surface area contributed by atoms with Gasteiger partial charge in [-0.2, -0.15) is 4.68 Å². The molecule has 1 saturated carbocycles. The molecule has 1 aromatic carbocycles. The zero-order chi connectivity index (χ0) is 21.7. The molecule has 31 heavy (non-hydrogen) atoms. The predicted molar refractivity (Wildman–Crippen MR) is 110 cm³/mol.